The molecule has 2 heterocycles. The number of nitrogens with zero attached hydrogens (tertiary/aromatic N) is 1. The highest BCUT2D eigenvalue weighted by molar-refractivity contribution is 8.00. The van der Waals surface area contributed by atoms with Crippen molar-refractivity contribution in [3.05, 3.63) is 25.0 Å². The first-order valence-electron chi connectivity index (χ1n) is 11.7. The average Bonchev–Trinajstić information content (AvgIpc) is 3.25. The predicted octanol–water partition coefficient (Wildman–Crippen LogP) is 4.50. The van der Waals surface area contributed by atoms with Crippen LogP contribution in [0.2, 0.25) is 0 Å². The van der Waals surface area contributed by atoms with E-state index in [0.717, 1.165) is 25.8 Å². The minimum Gasteiger partial charge on any atom is -0.505 e. The van der Waals surface area contributed by atoms with E-state index in [1.807, 2.05) is 6.08 Å². The molecule has 0 aromatic carbocycles. The van der Waals surface area contributed by atoms with Crippen LogP contribution in [0.1, 0.15) is 45.4 Å². The number of likely N-dealkylation sites (tertiary alicyclic amines) is 1. The highest BCUT2D eigenvalue weighted by Gasteiger charge is 2.43. The summed E-state index contributed by atoms with van der Waals surface area (Å²) in [6, 6.07) is 0.218. The molecule has 8 atom stereocenters. The number of rotatable bonds is 14. The van der Waals surface area contributed by atoms with Crippen LogP contribution in [0, 0.1) is 5.92 Å². The summed E-state index contributed by atoms with van der Waals surface area (Å²) in [5.41, 5.74) is 0. The zero-order chi connectivity index (χ0) is 23.5. The molecule has 2 unspecified atom stereocenters. The van der Waals surface area contributed by atoms with Crippen LogP contribution in [0.5, 0.6) is 0 Å². The molecule has 186 valence electrons. The number of ether oxygens (including phenoxy) is 3. The highest BCUT2D eigenvalue weighted by atomic mass is 32.2. The Morgan fingerprint density at radius 1 is 1.31 bits per heavy atom. The standard InChI is InChI=1S/C24H41F2NO4S/c1-5-21(26)23(9-7-11-29-3)32-20-14-22(17(2)8-6-10-25)27(15-20)24-13-18(30-4)12-19(16-28)31-24/h5,7,11,17-24,28H,1,6,8-10,12-16H2,2-4H3/b11-7+/t17-,18-,19-,20+,21+,22?,23?,24+/m0/s1. The minimum atomic E-state index is -1.11. The first kappa shape index (κ1) is 27.6. The summed E-state index contributed by atoms with van der Waals surface area (Å²) < 4.78 is 44.3. The summed E-state index contributed by atoms with van der Waals surface area (Å²) in [5, 5.41) is 9.69. The maximum atomic E-state index is 14.6. The van der Waals surface area contributed by atoms with E-state index in [9.17, 15) is 13.9 Å². The van der Waals surface area contributed by atoms with Gasteiger partial charge in [-0.05, 0) is 37.7 Å². The lowest BCUT2D eigenvalue weighted by Gasteiger charge is -2.42. The smallest absolute Gasteiger partial charge is 0.130 e. The SMILES string of the molecule is C=C[C@@H](F)C(C/C=C/OC)S[C@@H]1CC([C@@H](C)CCCF)N([C@H]2C[C@@H](OC)C[C@@H](CO)O2)C1. The topological polar surface area (TPSA) is 51.2 Å². The highest BCUT2D eigenvalue weighted by Crippen LogP contribution is 2.40. The van der Waals surface area contributed by atoms with Crippen molar-refractivity contribution in [3.8, 4) is 0 Å². The van der Waals surface area contributed by atoms with E-state index in [2.05, 4.69) is 18.4 Å². The fourth-order valence-corrected chi connectivity index (χ4v) is 6.39. The summed E-state index contributed by atoms with van der Waals surface area (Å²) in [6.45, 7) is 6.22. The molecule has 32 heavy (non-hydrogen) atoms. The van der Waals surface area contributed by atoms with Crippen LogP contribution < -0.4 is 0 Å². The Morgan fingerprint density at radius 2 is 2.09 bits per heavy atom. The number of allylic oxidation sites excluding steroid dienone is 2. The lowest BCUT2D eigenvalue weighted by molar-refractivity contribution is -0.180. The lowest BCUT2D eigenvalue weighted by Crippen LogP contribution is -2.51. The zero-order valence-corrected chi connectivity index (χ0v) is 20.5. The molecule has 2 rings (SSSR count). The molecular weight excluding hydrogens is 436 g/mol. The molecule has 2 fully saturated rings. The number of alkyl halides is 2. The largest absolute Gasteiger partial charge is 0.505 e. The maximum Gasteiger partial charge on any atom is 0.130 e. The Bertz CT molecular complexity index is 558. The molecular formula is C24H41F2NO4S. The molecule has 5 nitrogen and oxygen atoms in total. The molecule has 0 spiro atoms. The van der Waals surface area contributed by atoms with E-state index in [-0.39, 0.29) is 48.3 Å². The molecule has 2 saturated heterocycles. The zero-order valence-electron chi connectivity index (χ0n) is 19.7. The van der Waals surface area contributed by atoms with E-state index in [1.165, 1.54) is 6.08 Å². The minimum absolute atomic E-state index is 0.0299. The molecule has 0 saturated carbocycles. The number of hydrogen-bond donors (Lipinski definition) is 1. The molecule has 1 N–H and O–H groups in total. The third-order valence-electron chi connectivity index (χ3n) is 6.59. The quantitative estimate of drug-likeness (QED) is 0.294. The van der Waals surface area contributed by atoms with E-state index in [0.29, 0.717) is 25.2 Å². The number of hydrogen-bond acceptors (Lipinski definition) is 6. The molecule has 0 radical (unpaired) electrons. The van der Waals surface area contributed by atoms with Gasteiger partial charge >= 0.3 is 0 Å². The van der Waals surface area contributed by atoms with Gasteiger partial charge in [0.2, 0.25) is 0 Å². The average molecular weight is 478 g/mol. The van der Waals surface area contributed by atoms with Crippen LogP contribution in [-0.2, 0) is 14.2 Å². The number of methoxy groups -OCH3 is 2. The second-order valence-corrected chi connectivity index (χ2v) is 10.4. The summed E-state index contributed by atoms with van der Waals surface area (Å²) in [6.07, 6.45) is 7.51. The predicted molar refractivity (Wildman–Crippen MR) is 126 cm³/mol. The van der Waals surface area contributed by atoms with Crippen LogP contribution in [0.15, 0.2) is 25.0 Å². The third kappa shape index (κ3) is 7.97. The Balaban J connectivity index is 2.15. The Hall–Kier alpha value is -0.670. The molecule has 0 amide bonds. The van der Waals surface area contributed by atoms with Gasteiger partial charge in [0.25, 0.3) is 0 Å². The van der Waals surface area contributed by atoms with Crippen molar-refractivity contribution in [3.63, 3.8) is 0 Å². The van der Waals surface area contributed by atoms with Crippen molar-refractivity contribution in [2.24, 2.45) is 5.92 Å². The van der Waals surface area contributed by atoms with Crippen molar-refractivity contribution < 1.29 is 28.1 Å². The van der Waals surface area contributed by atoms with Gasteiger partial charge < -0.3 is 19.3 Å². The third-order valence-corrected chi connectivity index (χ3v) is 8.12. The van der Waals surface area contributed by atoms with Gasteiger partial charge in [-0.2, -0.15) is 11.8 Å². The lowest BCUT2D eigenvalue weighted by atomic mass is 9.94. The molecule has 2 aliphatic rings. The number of halogens is 2. The van der Waals surface area contributed by atoms with Gasteiger partial charge in [-0.1, -0.05) is 13.0 Å². The van der Waals surface area contributed by atoms with Crippen LogP contribution in [0.3, 0.4) is 0 Å². The van der Waals surface area contributed by atoms with Gasteiger partial charge in [-0.15, -0.1) is 6.58 Å². The van der Waals surface area contributed by atoms with Gasteiger partial charge in [-0.25, -0.2) is 4.39 Å². The maximum absolute atomic E-state index is 14.6. The first-order chi connectivity index (χ1) is 15.5. The van der Waals surface area contributed by atoms with Crippen molar-refractivity contribution >= 4 is 11.8 Å². The Labute approximate surface area is 196 Å². The number of aliphatic hydroxyl groups is 1. The summed E-state index contributed by atoms with van der Waals surface area (Å²) in [5.74, 6) is 0.294. The first-order valence-corrected chi connectivity index (χ1v) is 12.6. The Kier molecular flexibility index (Phi) is 12.5. The molecule has 8 heteroatoms. The van der Waals surface area contributed by atoms with E-state index in [1.54, 1.807) is 32.2 Å². The van der Waals surface area contributed by atoms with Crippen LogP contribution in [0.25, 0.3) is 0 Å². The van der Waals surface area contributed by atoms with Gasteiger partial charge in [0.05, 0.1) is 38.9 Å². The fourth-order valence-electron chi connectivity index (χ4n) is 4.85. The molecule has 0 aliphatic carbocycles. The second-order valence-electron chi connectivity index (χ2n) is 8.85. The van der Waals surface area contributed by atoms with Gasteiger partial charge in [0.15, 0.2) is 0 Å². The fraction of sp³-hybridized carbons (Fsp3) is 0.833. The van der Waals surface area contributed by atoms with Crippen LogP contribution >= 0.6 is 11.8 Å². The van der Waals surface area contributed by atoms with E-state index in [4.69, 9.17) is 14.2 Å². The monoisotopic (exact) mass is 477 g/mol. The normalized spacial score (nSPS) is 32.1. The van der Waals surface area contributed by atoms with Gasteiger partial charge in [0, 0.05) is 43.0 Å². The molecule has 0 aromatic rings. The number of aliphatic hydroxyl groups excluding tert-OH is 1. The van der Waals surface area contributed by atoms with Crippen LogP contribution in [0.4, 0.5) is 8.78 Å². The van der Waals surface area contributed by atoms with Crippen molar-refractivity contribution in [2.45, 2.75) is 86.6 Å². The van der Waals surface area contributed by atoms with E-state index < -0.39 is 6.17 Å². The molecule has 0 bridgehead atoms. The summed E-state index contributed by atoms with van der Waals surface area (Å²) >= 11 is 1.66. The van der Waals surface area contributed by atoms with Crippen molar-refractivity contribution in [2.75, 3.05) is 34.0 Å². The Morgan fingerprint density at radius 3 is 2.72 bits per heavy atom. The second kappa shape index (κ2) is 14.6. The summed E-state index contributed by atoms with van der Waals surface area (Å²) in [4.78, 5) is 2.36. The summed E-state index contributed by atoms with van der Waals surface area (Å²) in [7, 11) is 3.27. The van der Waals surface area contributed by atoms with Gasteiger partial charge in [-0.3, -0.25) is 9.29 Å². The van der Waals surface area contributed by atoms with Crippen molar-refractivity contribution in [1.82, 2.24) is 4.90 Å². The van der Waals surface area contributed by atoms with Gasteiger partial charge in [0.1, 0.15) is 12.4 Å². The van der Waals surface area contributed by atoms with Crippen LogP contribution in [-0.4, -0.2) is 85.2 Å². The molecule has 0 aromatic heterocycles. The molecule has 2 aliphatic heterocycles. The van der Waals surface area contributed by atoms with Crippen molar-refractivity contribution in [1.29, 1.82) is 0 Å². The number of thioether (sulfide) groups is 1. The van der Waals surface area contributed by atoms with E-state index >= 15 is 0 Å².